The van der Waals surface area contributed by atoms with Crippen LogP contribution in [0.2, 0.25) is 0 Å². The molecule has 0 aliphatic carbocycles. The van der Waals surface area contributed by atoms with E-state index in [1.165, 1.54) is 16.3 Å². The van der Waals surface area contributed by atoms with Gasteiger partial charge in [0.1, 0.15) is 16.9 Å². The number of rotatable bonds is 4. The van der Waals surface area contributed by atoms with Crippen LogP contribution in [0.3, 0.4) is 0 Å². The summed E-state index contributed by atoms with van der Waals surface area (Å²) < 4.78 is 12.1. The minimum absolute atomic E-state index is 0.0101. The highest BCUT2D eigenvalue weighted by molar-refractivity contribution is 5.97. The van der Waals surface area contributed by atoms with Crippen LogP contribution in [0.1, 0.15) is 45.9 Å². The second-order valence-corrected chi connectivity index (χ2v) is 11.2. The summed E-state index contributed by atoms with van der Waals surface area (Å²) in [4.78, 5) is 5.00. The first-order chi connectivity index (χ1) is 17.3. The second-order valence-electron chi connectivity index (χ2n) is 11.2. The summed E-state index contributed by atoms with van der Waals surface area (Å²) in [6.45, 7) is 11.2. The number of benzene rings is 3. The number of nitrogens with zero attached hydrogens (tertiary/aromatic N) is 1. The van der Waals surface area contributed by atoms with E-state index in [1.807, 2.05) is 6.07 Å². The van der Waals surface area contributed by atoms with Crippen LogP contribution >= 0.6 is 0 Å². The highest BCUT2D eigenvalue weighted by Gasteiger charge is 2.20. The highest BCUT2D eigenvalue weighted by atomic mass is 16.3. The molecule has 6 aromatic rings. The van der Waals surface area contributed by atoms with Gasteiger partial charge in [-0.05, 0) is 63.6 Å². The molecule has 3 nitrogen and oxygen atoms in total. The Morgan fingerprint density at radius 2 is 1.67 bits per heavy atom. The number of aromatic nitrogens is 1. The molecule has 0 saturated heterocycles. The van der Waals surface area contributed by atoms with E-state index in [-0.39, 0.29) is 5.41 Å². The largest absolute Gasteiger partial charge is 0.462 e. The van der Waals surface area contributed by atoms with E-state index in [9.17, 15) is 0 Å². The lowest BCUT2D eigenvalue weighted by molar-refractivity contribution is 0.500. The molecular weight excluding hydrogens is 442 g/mol. The van der Waals surface area contributed by atoms with Crippen LogP contribution in [-0.2, 0) is 11.8 Å². The van der Waals surface area contributed by atoms with Gasteiger partial charge >= 0.3 is 0 Å². The molecule has 3 aromatic heterocycles. The molecule has 3 heteroatoms. The van der Waals surface area contributed by atoms with Crippen LogP contribution in [0.5, 0.6) is 0 Å². The van der Waals surface area contributed by atoms with E-state index >= 15 is 0 Å². The summed E-state index contributed by atoms with van der Waals surface area (Å²) in [5.74, 6) is 1.58. The minimum Gasteiger partial charge on any atom is -0.462 e. The maximum Gasteiger partial charge on any atom is 0.160 e. The lowest BCUT2D eigenvalue weighted by atomic mass is 9.82. The van der Waals surface area contributed by atoms with Gasteiger partial charge in [-0.1, -0.05) is 71.0 Å². The van der Waals surface area contributed by atoms with Crippen LogP contribution in [0.15, 0.2) is 87.9 Å². The average molecular weight is 474 g/mol. The first kappa shape index (κ1) is 22.6. The Morgan fingerprint density at radius 3 is 2.47 bits per heavy atom. The van der Waals surface area contributed by atoms with Crippen LogP contribution in [0.25, 0.3) is 55.2 Å². The van der Waals surface area contributed by atoms with Gasteiger partial charge in [-0.2, -0.15) is 0 Å². The predicted octanol–water partition coefficient (Wildman–Crippen LogP) is 9.56. The molecule has 6 rings (SSSR count). The number of furan rings is 2. The van der Waals surface area contributed by atoms with Gasteiger partial charge in [-0.25, -0.2) is 4.98 Å². The number of hydrogen-bond acceptors (Lipinski definition) is 3. The van der Waals surface area contributed by atoms with Crippen molar-refractivity contribution in [2.75, 3.05) is 0 Å². The van der Waals surface area contributed by atoms with E-state index in [0.29, 0.717) is 5.92 Å². The lowest BCUT2D eigenvalue weighted by Gasteiger charge is -2.23. The molecule has 0 aliphatic rings. The molecule has 0 atom stereocenters. The van der Waals surface area contributed by atoms with Gasteiger partial charge in [0.15, 0.2) is 5.58 Å². The zero-order chi connectivity index (χ0) is 25.0. The molecule has 0 aliphatic heterocycles. The lowest BCUT2D eigenvalue weighted by Crippen LogP contribution is -2.12. The molecule has 3 aromatic carbocycles. The molecular formula is C33H31NO2. The Balaban J connectivity index is 1.54. The van der Waals surface area contributed by atoms with Gasteiger partial charge in [0, 0.05) is 29.0 Å². The van der Waals surface area contributed by atoms with E-state index < -0.39 is 0 Å². The van der Waals surface area contributed by atoms with Crippen LogP contribution in [-0.4, -0.2) is 4.98 Å². The first-order valence-electron chi connectivity index (χ1n) is 12.7. The van der Waals surface area contributed by atoms with Crippen molar-refractivity contribution in [1.82, 2.24) is 4.98 Å². The Hall–Kier alpha value is -3.85. The summed E-state index contributed by atoms with van der Waals surface area (Å²) in [5.41, 5.74) is 8.02. The Labute approximate surface area is 211 Å². The molecule has 180 valence electrons. The van der Waals surface area contributed by atoms with Crippen molar-refractivity contribution < 1.29 is 8.83 Å². The van der Waals surface area contributed by atoms with E-state index in [0.717, 1.165) is 56.6 Å². The van der Waals surface area contributed by atoms with Gasteiger partial charge < -0.3 is 8.83 Å². The molecule has 0 saturated carbocycles. The van der Waals surface area contributed by atoms with Crippen molar-refractivity contribution in [3.05, 3.63) is 90.4 Å². The summed E-state index contributed by atoms with van der Waals surface area (Å²) in [6, 6.07) is 25.8. The predicted molar refractivity (Wildman–Crippen MR) is 149 cm³/mol. The van der Waals surface area contributed by atoms with Gasteiger partial charge in [0.05, 0.1) is 12.0 Å². The van der Waals surface area contributed by atoms with Gasteiger partial charge in [-0.15, -0.1) is 0 Å². The van der Waals surface area contributed by atoms with Crippen LogP contribution < -0.4 is 0 Å². The zero-order valence-corrected chi connectivity index (χ0v) is 21.6. The molecule has 0 bridgehead atoms. The average Bonchev–Trinajstić information content (AvgIpc) is 3.47. The molecule has 0 unspecified atom stereocenters. The fourth-order valence-corrected chi connectivity index (χ4v) is 5.15. The third kappa shape index (κ3) is 3.99. The first-order valence-corrected chi connectivity index (χ1v) is 12.7. The smallest absolute Gasteiger partial charge is 0.160 e. The molecule has 0 radical (unpaired) electrons. The van der Waals surface area contributed by atoms with Crippen molar-refractivity contribution in [3.63, 3.8) is 0 Å². The quantitative estimate of drug-likeness (QED) is 0.256. The van der Waals surface area contributed by atoms with Gasteiger partial charge in [0.2, 0.25) is 0 Å². The number of hydrogen-bond donors (Lipinski definition) is 0. The van der Waals surface area contributed by atoms with E-state index in [4.69, 9.17) is 13.8 Å². The van der Waals surface area contributed by atoms with Crippen molar-refractivity contribution in [1.29, 1.82) is 0 Å². The summed E-state index contributed by atoms with van der Waals surface area (Å²) >= 11 is 0. The van der Waals surface area contributed by atoms with Crippen molar-refractivity contribution >= 4 is 32.8 Å². The fourth-order valence-electron chi connectivity index (χ4n) is 5.15. The Kier molecular flexibility index (Phi) is 5.26. The molecule has 36 heavy (non-hydrogen) atoms. The van der Waals surface area contributed by atoms with Crippen LogP contribution in [0, 0.1) is 5.92 Å². The fraction of sp³-hybridized carbons (Fsp3) is 0.242. The second kappa shape index (κ2) is 8.37. The topological polar surface area (TPSA) is 39.2 Å². The van der Waals surface area contributed by atoms with Crippen molar-refractivity contribution in [2.24, 2.45) is 5.92 Å². The standard InChI is InChI=1S/C33H31NO2/c1-20(2)14-25-16-23-11-10-22(18-31(23)36-25)27-19-30(34-29-12-13-35-32(27)29)24-15-21-8-6-7-9-26(21)28(17-24)33(3,4)5/h6-13,15-20H,14H2,1-5H3. The molecule has 0 fully saturated rings. The van der Waals surface area contributed by atoms with Crippen molar-refractivity contribution in [2.45, 2.75) is 46.5 Å². The Morgan fingerprint density at radius 1 is 0.833 bits per heavy atom. The summed E-state index contributed by atoms with van der Waals surface area (Å²) in [5, 5.41) is 3.65. The normalized spacial score (nSPS) is 12.4. The molecule has 3 heterocycles. The summed E-state index contributed by atoms with van der Waals surface area (Å²) in [6.07, 6.45) is 2.65. The maximum absolute atomic E-state index is 6.20. The zero-order valence-electron chi connectivity index (χ0n) is 21.6. The maximum atomic E-state index is 6.20. The third-order valence-corrected chi connectivity index (χ3v) is 6.87. The molecule has 0 spiro atoms. The molecule has 0 N–H and O–H groups in total. The number of pyridine rings is 1. The van der Waals surface area contributed by atoms with Gasteiger partial charge in [0.25, 0.3) is 0 Å². The SMILES string of the molecule is CC(C)Cc1cc2ccc(-c3cc(-c4cc(C(C)(C)C)c5ccccc5c4)nc4ccoc34)cc2o1. The number of fused-ring (bicyclic) bond motifs is 3. The minimum atomic E-state index is 0.0101. The third-order valence-electron chi connectivity index (χ3n) is 6.87. The molecule has 0 amide bonds. The van der Waals surface area contributed by atoms with Gasteiger partial charge in [-0.3, -0.25) is 0 Å². The van der Waals surface area contributed by atoms with E-state index in [2.05, 4.69) is 101 Å². The highest BCUT2D eigenvalue weighted by Crippen LogP contribution is 2.38. The summed E-state index contributed by atoms with van der Waals surface area (Å²) in [7, 11) is 0. The Bertz CT molecular complexity index is 1730. The van der Waals surface area contributed by atoms with Crippen LogP contribution in [0.4, 0.5) is 0 Å². The van der Waals surface area contributed by atoms with Crippen molar-refractivity contribution in [3.8, 4) is 22.4 Å². The van der Waals surface area contributed by atoms with E-state index in [1.54, 1.807) is 6.26 Å². The monoisotopic (exact) mass is 473 g/mol.